The molecular formula is C24H44O4. The van der Waals surface area contributed by atoms with Gasteiger partial charge in [-0.1, -0.05) is 57.4 Å². The lowest BCUT2D eigenvalue weighted by Gasteiger charge is -2.19. The highest BCUT2D eigenvalue weighted by Crippen LogP contribution is 2.14. The van der Waals surface area contributed by atoms with Crippen LogP contribution in [0.15, 0.2) is 12.2 Å². The summed E-state index contributed by atoms with van der Waals surface area (Å²) in [5, 5.41) is 0. The minimum atomic E-state index is -0.417. The van der Waals surface area contributed by atoms with Gasteiger partial charge in [-0.25, -0.2) is 4.79 Å². The Bertz CT molecular complexity index is 452. The Morgan fingerprint density at radius 3 is 1.54 bits per heavy atom. The van der Waals surface area contributed by atoms with E-state index in [0.29, 0.717) is 6.42 Å². The van der Waals surface area contributed by atoms with Crippen molar-refractivity contribution < 1.29 is 19.1 Å². The van der Waals surface area contributed by atoms with Crippen molar-refractivity contribution in [1.29, 1.82) is 0 Å². The lowest BCUT2D eigenvalue weighted by atomic mass is 10.0. The summed E-state index contributed by atoms with van der Waals surface area (Å²) in [6.45, 7) is 11.4. The number of allylic oxidation sites excluding steroid dienone is 1. The van der Waals surface area contributed by atoms with Gasteiger partial charge in [-0.15, -0.1) is 0 Å². The van der Waals surface area contributed by atoms with E-state index in [1.54, 1.807) is 6.08 Å². The average Bonchev–Trinajstić information content (AvgIpc) is 2.51. The number of rotatable bonds is 14. The molecule has 0 aromatic rings. The summed E-state index contributed by atoms with van der Waals surface area (Å²) in [6.07, 6.45) is 16.9. The monoisotopic (exact) mass is 396 g/mol. The fraction of sp³-hybridized carbons (Fsp3) is 0.833. The smallest absolute Gasteiger partial charge is 0.330 e. The van der Waals surface area contributed by atoms with Crippen molar-refractivity contribution in [3.05, 3.63) is 12.2 Å². The van der Waals surface area contributed by atoms with E-state index in [0.717, 1.165) is 25.7 Å². The van der Waals surface area contributed by atoms with E-state index in [1.807, 2.05) is 47.6 Å². The van der Waals surface area contributed by atoms with Crippen LogP contribution in [0.3, 0.4) is 0 Å². The Hall–Kier alpha value is -1.32. The zero-order chi connectivity index (χ0) is 21.5. The summed E-state index contributed by atoms with van der Waals surface area (Å²) in [7, 11) is 0. The molecule has 0 heterocycles. The molecule has 4 heteroatoms. The molecule has 0 saturated heterocycles. The van der Waals surface area contributed by atoms with Crippen LogP contribution in [-0.4, -0.2) is 23.1 Å². The van der Waals surface area contributed by atoms with Crippen molar-refractivity contribution in [2.75, 3.05) is 0 Å². The van der Waals surface area contributed by atoms with E-state index in [9.17, 15) is 9.59 Å². The molecule has 0 amide bonds. The number of unbranched alkanes of at least 4 members (excludes halogenated alkanes) is 10. The molecule has 0 bridgehead atoms. The lowest BCUT2D eigenvalue weighted by molar-refractivity contribution is -0.155. The van der Waals surface area contributed by atoms with Crippen LogP contribution in [0.4, 0.5) is 0 Å². The fourth-order valence-corrected chi connectivity index (χ4v) is 2.85. The topological polar surface area (TPSA) is 52.6 Å². The van der Waals surface area contributed by atoms with Gasteiger partial charge in [0.05, 0.1) is 0 Å². The number of carbonyl (C=O) groups excluding carboxylic acids is 2. The molecule has 0 aromatic heterocycles. The first kappa shape index (κ1) is 26.7. The lowest BCUT2D eigenvalue weighted by Crippen LogP contribution is -2.23. The Balaban J connectivity index is 3.36. The highest BCUT2D eigenvalue weighted by atomic mass is 16.6. The molecule has 0 N–H and O–H groups in total. The van der Waals surface area contributed by atoms with Gasteiger partial charge in [0.1, 0.15) is 11.2 Å². The van der Waals surface area contributed by atoms with Crippen molar-refractivity contribution in [2.24, 2.45) is 0 Å². The van der Waals surface area contributed by atoms with Gasteiger partial charge in [-0.05, 0) is 60.8 Å². The van der Waals surface area contributed by atoms with Crippen molar-refractivity contribution in [1.82, 2.24) is 0 Å². The molecule has 0 spiro atoms. The van der Waals surface area contributed by atoms with E-state index in [-0.39, 0.29) is 17.5 Å². The van der Waals surface area contributed by atoms with Crippen LogP contribution in [0.25, 0.3) is 0 Å². The average molecular weight is 397 g/mol. The minimum absolute atomic E-state index is 0.0755. The Kier molecular flexibility index (Phi) is 14.0. The predicted octanol–water partition coefficient (Wildman–Crippen LogP) is 6.91. The molecule has 4 nitrogen and oxygen atoms in total. The summed E-state index contributed by atoms with van der Waals surface area (Å²) < 4.78 is 10.5. The zero-order valence-corrected chi connectivity index (χ0v) is 19.3. The second-order valence-corrected chi connectivity index (χ2v) is 9.60. The highest BCUT2D eigenvalue weighted by molar-refractivity contribution is 5.82. The molecule has 28 heavy (non-hydrogen) atoms. The molecular weight excluding hydrogens is 352 g/mol. The van der Waals surface area contributed by atoms with Crippen LogP contribution in [0.1, 0.15) is 119 Å². The second kappa shape index (κ2) is 14.6. The van der Waals surface area contributed by atoms with Gasteiger partial charge in [0, 0.05) is 12.5 Å². The molecule has 164 valence electrons. The maximum absolute atomic E-state index is 11.6. The van der Waals surface area contributed by atoms with Crippen LogP contribution >= 0.6 is 0 Å². The van der Waals surface area contributed by atoms with Gasteiger partial charge < -0.3 is 9.47 Å². The van der Waals surface area contributed by atoms with Gasteiger partial charge in [-0.3, -0.25) is 4.79 Å². The van der Waals surface area contributed by atoms with Crippen LogP contribution in [0, 0.1) is 0 Å². The molecule has 0 fully saturated rings. The number of hydrogen-bond donors (Lipinski definition) is 0. The first-order chi connectivity index (χ1) is 13.0. The fourth-order valence-electron chi connectivity index (χ4n) is 2.85. The van der Waals surface area contributed by atoms with E-state index < -0.39 is 5.60 Å². The van der Waals surface area contributed by atoms with E-state index in [2.05, 4.69) is 0 Å². The third kappa shape index (κ3) is 21.0. The summed E-state index contributed by atoms with van der Waals surface area (Å²) in [5.41, 5.74) is -0.787. The summed E-state index contributed by atoms with van der Waals surface area (Å²) in [4.78, 5) is 23.1. The van der Waals surface area contributed by atoms with Gasteiger partial charge in [0.25, 0.3) is 0 Å². The molecule has 0 aliphatic heterocycles. The van der Waals surface area contributed by atoms with E-state index >= 15 is 0 Å². The van der Waals surface area contributed by atoms with Gasteiger partial charge in [-0.2, -0.15) is 0 Å². The minimum Gasteiger partial charge on any atom is -0.460 e. The van der Waals surface area contributed by atoms with Crippen molar-refractivity contribution in [2.45, 2.75) is 130 Å². The molecule has 0 unspecified atom stereocenters. The maximum atomic E-state index is 11.6. The molecule has 0 aromatic carbocycles. The molecule has 0 radical (unpaired) electrons. The van der Waals surface area contributed by atoms with Crippen molar-refractivity contribution >= 4 is 11.9 Å². The second-order valence-electron chi connectivity index (χ2n) is 9.60. The third-order valence-corrected chi connectivity index (χ3v) is 4.08. The third-order valence-electron chi connectivity index (χ3n) is 4.08. The van der Waals surface area contributed by atoms with Crippen LogP contribution in [-0.2, 0) is 19.1 Å². The zero-order valence-electron chi connectivity index (χ0n) is 19.3. The molecule has 0 atom stereocenters. The van der Waals surface area contributed by atoms with Crippen molar-refractivity contribution in [3.8, 4) is 0 Å². The largest absolute Gasteiger partial charge is 0.460 e. The van der Waals surface area contributed by atoms with Gasteiger partial charge >= 0.3 is 11.9 Å². The van der Waals surface area contributed by atoms with Crippen molar-refractivity contribution in [3.63, 3.8) is 0 Å². The van der Waals surface area contributed by atoms with Gasteiger partial charge in [0.2, 0.25) is 0 Å². The van der Waals surface area contributed by atoms with Crippen LogP contribution in [0.5, 0.6) is 0 Å². The standard InChI is InChI=1S/C24H44O4/c1-23(2,3)27-21(25)19-17-15-13-11-9-7-8-10-12-14-16-18-20-22(26)28-24(4,5)6/h17,19H,7-16,18,20H2,1-6H3/b19-17+. The van der Waals surface area contributed by atoms with E-state index in [4.69, 9.17) is 9.47 Å². The molecule has 0 aliphatic rings. The Morgan fingerprint density at radius 2 is 1.07 bits per heavy atom. The summed E-state index contributed by atoms with van der Waals surface area (Å²) in [6, 6.07) is 0. The summed E-state index contributed by atoms with van der Waals surface area (Å²) >= 11 is 0. The van der Waals surface area contributed by atoms with Crippen LogP contribution < -0.4 is 0 Å². The number of ether oxygens (including phenoxy) is 2. The Labute approximate surface area is 173 Å². The maximum Gasteiger partial charge on any atom is 0.330 e. The van der Waals surface area contributed by atoms with Gasteiger partial charge in [0.15, 0.2) is 0 Å². The summed E-state index contributed by atoms with van der Waals surface area (Å²) in [5.74, 6) is -0.327. The molecule has 0 rings (SSSR count). The first-order valence-electron chi connectivity index (χ1n) is 11.1. The molecule has 0 aliphatic carbocycles. The van der Waals surface area contributed by atoms with Crippen LogP contribution in [0.2, 0.25) is 0 Å². The first-order valence-corrected chi connectivity index (χ1v) is 11.1. The highest BCUT2D eigenvalue weighted by Gasteiger charge is 2.15. The normalized spacial score (nSPS) is 12.4. The number of esters is 2. The Morgan fingerprint density at radius 1 is 0.643 bits per heavy atom. The number of hydrogen-bond acceptors (Lipinski definition) is 4. The predicted molar refractivity (Wildman–Crippen MR) is 116 cm³/mol. The molecule has 0 saturated carbocycles. The number of carbonyl (C=O) groups is 2. The quantitative estimate of drug-likeness (QED) is 0.182. The SMILES string of the molecule is CC(C)(C)OC(=O)/C=C/CCCCCCCCCCCCC(=O)OC(C)(C)C. The van der Waals surface area contributed by atoms with E-state index in [1.165, 1.54) is 44.9 Å².